The summed E-state index contributed by atoms with van der Waals surface area (Å²) in [5.41, 5.74) is 14.3. The second-order valence-electron chi connectivity index (χ2n) is 14.0. The zero-order valence-electron chi connectivity index (χ0n) is 30.1. The van der Waals surface area contributed by atoms with Gasteiger partial charge in [-0.1, -0.05) is 103 Å². The normalized spacial score (nSPS) is 11.6. The lowest BCUT2D eigenvalue weighted by Crippen LogP contribution is -1.97. The summed E-state index contributed by atoms with van der Waals surface area (Å²) < 4.78 is 12.4. The van der Waals surface area contributed by atoms with Crippen LogP contribution in [0.15, 0.2) is 197 Å². The van der Waals surface area contributed by atoms with E-state index in [0.717, 1.165) is 105 Å². The highest BCUT2D eigenvalue weighted by Gasteiger charge is 2.16. The van der Waals surface area contributed by atoms with Gasteiger partial charge in [0.05, 0.1) is 17.1 Å². The van der Waals surface area contributed by atoms with Crippen LogP contribution >= 0.6 is 0 Å². The lowest BCUT2D eigenvalue weighted by molar-refractivity contribution is 0.668. The van der Waals surface area contributed by atoms with Crippen LogP contribution in [0.5, 0.6) is 0 Å². The number of benzene rings is 7. The minimum absolute atomic E-state index is 0.658. The summed E-state index contributed by atoms with van der Waals surface area (Å²) in [4.78, 5) is 15.0. The standard InChI is InChI=1S/C51H31N3O2/c1-2-11-32(12-3-1)51-53-45(36-14-10-13-35(25-36)44-17-8-9-24-52-44)31-46(54-51)39-27-37(33-20-22-49-42(29-33)40-15-4-6-18-47(40)55-49)26-38(28-39)34-21-23-50-43(30-34)41-16-5-7-19-48(41)56-50/h1-31H. The summed E-state index contributed by atoms with van der Waals surface area (Å²) in [6.07, 6.45) is 1.82. The van der Waals surface area contributed by atoms with E-state index in [-0.39, 0.29) is 0 Å². The maximum atomic E-state index is 6.22. The van der Waals surface area contributed by atoms with Crippen LogP contribution in [0.25, 0.3) is 111 Å². The molecule has 0 bridgehead atoms. The van der Waals surface area contributed by atoms with E-state index in [2.05, 4.69) is 126 Å². The summed E-state index contributed by atoms with van der Waals surface area (Å²) in [5.74, 6) is 0.658. The van der Waals surface area contributed by atoms with E-state index in [0.29, 0.717) is 5.82 Å². The third kappa shape index (κ3) is 5.62. The molecule has 0 atom stereocenters. The number of fused-ring (bicyclic) bond motifs is 6. The van der Waals surface area contributed by atoms with Gasteiger partial charge in [0.2, 0.25) is 0 Å². The van der Waals surface area contributed by atoms with Gasteiger partial charge in [0.15, 0.2) is 5.82 Å². The molecule has 11 rings (SSSR count). The fourth-order valence-corrected chi connectivity index (χ4v) is 7.75. The van der Waals surface area contributed by atoms with E-state index in [1.165, 1.54) is 0 Å². The van der Waals surface area contributed by atoms with Crippen LogP contribution in [0, 0.1) is 0 Å². The van der Waals surface area contributed by atoms with E-state index < -0.39 is 0 Å². The number of nitrogens with zero attached hydrogens (tertiary/aromatic N) is 3. The third-order valence-electron chi connectivity index (χ3n) is 10.5. The van der Waals surface area contributed by atoms with Crippen LogP contribution in [0.3, 0.4) is 0 Å². The number of rotatable bonds is 6. The van der Waals surface area contributed by atoms with Crippen molar-refractivity contribution in [1.29, 1.82) is 0 Å². The first-order chi connectivity index (χ1) is 27.7. The maximum absolute atomic E-state index is 6.22. The molecule has 0 saturated carbocycles. The van der Waals surface area contributed by atoms with Gasteiger partial charge >= 0.3 is 0 Å². The van der Waals surface area contributed by atoms with Gasteiger partial charge in [0.1, 0.15) is 22.3 Å². The average molecular weight is 718 g/mol. The molecule has 0 spiro atoms. The van der Waals surface area contributed by atoms with Crippen molar-refractivity contribution in [2.24, 2.45) is 0 Å². The van der Waals surface area contributed by atoms with Crippen molar-refractivity contribution in [1.82, 2.24) is 15.0 Å². The maximum Gasteiger partial charge on any atom is 0.160 e. The summed E-state index contributed by atoms with van der Waals surface area (Å²) >= 11 is 0. The largest absolute Gasteiger partial charge is 0.456 e. The molecule has 0 radical (unpaired) electrons. The van der Waals surface area contributed by atoms with Gasteiger partial charge in [-0.2, -0.15) is 0 Å². The van der Waals surface area contributed by atoms with Crippen LogP contribution in [-0.4, -0.2) is 15.0 Å². The molecule has 0 fully saturated rings. The van der Waals surface area contributed by atoms with E-state index >= 15 is 0 Å². The Kier molecular flexibility index (Phi) is 7.42. The fourth-order valence-electron chi connectivity index (χ4n) is 7.75. The van der Waals surface area contributed by atoms with Gasteiger partial charge in [-0.15, -0.1) is 0 Å². The highest BCUT2D eigenvalue weighted by Crippen LogP contribution is 2.39. The van der Waals surface area contributed by atoms with E-state index in [1.807, 2.05) is 66.9 Å². The molecule has 5 heteroatoms. The molecular formula is C51H31N3O2. The molecule has 0 N–H and O–H groups in total. The van der Waals surface area contributed by atoms with Crippen molar-refractivity contribution in [2.75, 3.05) is 0 Å². The topological polar surface area (TPSA) is 65.0 Å². The zero-order valence-corrected chi connectivity index (χ0v) is 30.1. The van der Waals surface area contributed by atoms with Crippen LogP contribution in [-0.2, 0) is 0 Å². The Bertz CT molecular complexity index is 3120. The molecule has 0 amide bonds. The van der Waals surface area contributed by atoms with Gasteiger partial charge in [-0.05, 0) is 101 Å². The smallest absolute Gasteiger partial charge is 0.160 e. The Morgan fingerprint density at radius 3 is 1.41 bits per heavy atom. The van der Waals surface area contributed by atoms with E-state index in [9.17, 15) is 0 Å². The molecule has 262 valence electrons. The predicted molar refractivity (Wildman–Crippen MR) is 227 cm³/mol. The molecule has 4 aromatic heterocycles. The Balaban J connectivity index is 1.13. The number of para-hydroxylation sites is 2. The Labute approximate surface area is 322 Å². The third-order valence-corrected chi connectivity index (χ3v) is 10.5. The highest BCUT2D eigenvalue weighted by atomic mass is 16.3. The summed E-state index contributed by atoms with van der Waals surface area (Å²) in [5, 5.41) is 4.36. The fraction of sp³-hybridized carbons (Fsp3) is 0. The Morgan fingerprint density at radius 1 is 0.286 bits per heavy atom. The predicted octanol–water partition coefficient (Wildman–Crippen LogP) is 13.7. The van der Waals surface area contributed by atoms with Gasteiger partial charge in [0.25, 0.3) is 0 Å². The quantitative estimate of drug-likeness (QED) is 0.171. The molecule has 11 aromatic rings. The van der Waals surface area contributed by atoms with Gasteiger partial charge in [-0.3, -0.25) is 4.98 Å². The van der Waals surface area contributed by atoms with Gasteiger partial charge in [0, 0.05) is 50.0 Å². The van der Waals surface area contributed by atoms with Crippen molar-refractivity contribution in [3.05, 3.63) is 188 Å². The van der Waals surface area contributed by atoms with Gasteiger partial charge in [-0.25, -0.2) is 9.97 Å². The lowest BCUT2D eigenvalue weighted by Gasteiger charge is -2.14. The van der Waals surface area contributed by atoms with Crippen LogP contribution < -0.4 is 0 Å². The molecule has 7 aromatic carbocycles. The average Bonchev–Trinajstić information content (AvgIpc) is 3.84. The zero-order chi connectivity index (χ0) is 37.0. The molecule has 0 aliphatic rings. The number of pyridine rings is 1. The summed E-state index contributed by atoms with van der Waals surface area (Å²) in [6.45, 7) is 0. The number of hydrogen-bond acceptors (Lipinski definition) is 5. The number of aromatic nitrogens is 3. The number of hydrogen-bond donors (Lipinski definition) is 0. The summed E-state index contributed by atoms with van der Waals surface area (Å²) in [6, 6.07) is 62.7. The molecule has 56 heavy (non-hydrogen) atoms. The van der Waals surface area contributed by atoms with Crippen molar-refractivity contribution >= 4 is 43.9 Å². The Hall–Kier alpha value is -7.63. The minimum atomic E-state index is 0.658. The number of furan rings is 2. The van der Waals surface area contributed by atoms with Crippen LogP contribution in [0.2, 0.25) is 0 Å². The molecule has 0 aliphatic heterocycles. The summed E-state index contributed by atoms with van der Waals surface area (Å²) in [7, 11) is 0. The van der Waals surface area contributed by atoms with E-state index in [4.69, 9.17) is 18.8 Å². The Morgan fingerprint density at radius 2 is 0.786 bits per heavy atom. The molecular weight excluding hydrogens is 687 g/mol. The first-order valence-corrected chi connectivity index (χ1v) is 18.7. The monoisotopic (exact) mass is 717 g/mol. The van der Waals surface area contributed by atoms with E-state index in [1.54, 1.807) is 0 Å². The highest BCUT2D eigenvalue weighted by molar-refractivity contribution is 6.07. The molecule has 4 heterocycles. The van der Waals surface area contributed by atoms with Crippen molar-refractivity contribution in [3.8, 4) is 67.4 Å². The van der Waals surface area contributed by atoms with Crippen molar-refractivity contribution in [3.63, 3.8) is 0 Å². The lowest BCUT2D eigenvalue weighted by atomic mass is 9.93. The second-order valence-corrected chi connectivity index (χ2v) is 14.0. The molecule has 0 unspecified atom stereocenters. The molecule has 5 nitrogen and oxygen atoms in total. The first kappa shape index (κ1) is 31.9. The second kappa shape index (κ2) is 13.0. The molecule has 0 aliphatic carbocycles. The van der Waals surface area contributed by atoms with Crippen LogP contribution in [0.1, 0.15) is 0 Å². The molecule has 0 saturated heterocycles. The van der Waals surface area contributed by atoms with Crippen LogP contribution in [0.4, 0.5) is 0 Å². The van der Waals surface area contributed by atoms with Gasteiger partial charge < -0.3 is 8.83 Å². The first-order valence-electron chi connectivity index (χ1n) is 18.7. The van der Waals surface area contributed by atoms with Crippen molar-refractivity contribution in [2.45, 2.75) is 0 Å². The van der Waals surface area contributed by atoms with Crippen molar-refractivity contribution < 1.29 is 8.83 Å². The SMILES string of the molecule is c1ccc(-c2nc(-c3cc(-c4ccc5oc6ccccc6c5c4)cc(-c4ccc5oc6ccccc6c5c4)c3)cc(-c3cccc(-c4ccccn4)c3)n2)cc1. The minimum Gasteiger partial charge on any atom is -0.456 e.